The van der Waals surface area contributed by atoms with E-state index in [4.69, 9.17) is 0 Å². The maximum absolute atomic E-state index is 14.6. The summed E-state index contributed by atoms with van der Waals surface area (Å²) in [5.41, 5.74) is 1.71. The Balaban J connectivity index is 1.60. The number of aryl methyl sites for hydroxylation is 1. The summed E-state index contributed by atoms with van der Waals surface area (Å²) in [5.74, 6) is 0.840. The van der Waals surface area contributed by atoms with Gasteiger partial charge in [-0.3, -0.25) is 4.79 Å². The van der Waals surface area contributed by atoms with Crippen LogP contribution in [0.5, 0.6) is 5.75 Å². The van der Waals surface area contributed by atoms with Gasteiger partial charge in [0.1, 0.15) is 17.3 Å². The van der Waals surface area contributed by atoms with Crippen molar-refractivity contribution in [2.24, 2.45) is 7.05 Å². The van der Waals surface area contributed by atoms with E-state index in [1.165, 1.54) is 18.2 Å². The van der Waals surface area contributed by atoms with Crippen molar-refractivity contribution in [1.82, 2.24) is 14.5 Å². The Morgan fingerprint density at radius 3 is 2.50 bits per heavy atom. The molecule has 0 spiro atoms. The molecule has 0 aliphatic carbocycles. The quantitative estimate of drug-likeness (QED) is 0.416. The number of carbonyl (C=O) groups is 1. The van der Waals surface area contributed by atoms with Crippen molar-refractivity contribution in [1.29, 1.82) is 0 Å². The van der Waals surface area contributed by atoms with Crippen molar-refractivity contribution in [3.05, 3.63) is 72.1 Å². The molecule has 4 rings (SSSR count). The molecule has 0 saturated carbocycles. The average molecular weight is 494 g/mol. The van der Waals surface area contributed by atoms with Gasteiger partial charge in [-0.05, 0) is 59.7 Å². The van der Waals surface area contributed by atoms with Crippen molar-refractivity contribution >= 4 is 17.7 Å². The fraction of sp³-hybridized carbons (Fsp3) is 0.333. The van der Waals surface area contributed by atoms with Crippen LogP contribution < -0.4 is 4.74 Å². The number of hydrogen-bond acceptors (Lipinski definition) is 4. The normalized spacial score (nSPS) is 14.7. The van der Waals surface area contributed by atoms with Crippen molar-refractivity contribution in [2.75, 3.05) is 11.5 Å². The van der Waals surface area contributed by atoms with Gasteiger partial charge in [-0.2, -0.15) is 11.8 Å². The zero-order chi connectivity index (χ0) is 24.3. The Labute approximate surface area is 198 Å². The highest BCUT2D eigenvalue weighted by Gasteiger charge is 2.31. The largest absolute Gasteiger partial charge is 0.573 e. The molecule has 2 heterocycles. The van der Waals surface area contributed by atoms with Crippen LogP contribution in [0.3, 0.4) is 0 Å². The average Bonchev–Trinajstić information content (AvgIpc) is 3.24. The first-order valence-electron chi connectivity index (χ1n) is 10.7. The Morgan fingerprint density at radius 1 is 1.18 bits per heavy atom. The molecule has 0 unspecified atom stereocenters. The first kappa shape index (κ1) is 24.1. The van der Waals surface area contributed by atoms with Crippen LogP contribution in [0.4, 0.5) is 17.6 Å². The minimum Gasteiger partial charge on any atom is -0.406 e. The van der Waals surface area contributed by atoms with Gasteiger partial charge >= 0.3 is 6.36 Å². The van der Waals surface area contributed by atoms with Crippen LogP contribution in [-0.4, -0.2) is 44.3 Å². The molecule has 1 aliphatic heterocycles. The second-order valence-corrected chi connectivity index (χ2v) is 9.31. The molecule has 1 fully saturated rings. The van der Waals surface area contributed by atoms with Crippen LogP contribution in [0, 0.1) is 5.82 Å². The first-order valence-corrected chi connectivity index (χ1v) is 11.9. The topological polar surface area (TPSA) is 47.4 Å². The molecule has 3 aromatic rings. The van der Waals surface area contributed by atoms with E-state index < -0.39 is 12.2 Å². The number of carbonyl (C=O) groups excluding carboxylic acids is 1. The lowest BCUT2D eigenvalue weighted by molar-refractivity contribution is -0.274. The molecule has 180 valence electrons. The second-order valence-electron chi connectivity index (χ2n) is 8.09. The lowest BCUT2D eigenvalue weighted by Crippen LogP contribution is -2.42. The second kappa shape index (κ2) is 10.1. The summed E-state index contributed by atoms with van der Waals surface area (Å²) < 4.78 is 57.5. The molecule has 1 amide bonds. The van der Waals surface area contributed by atoms with E-state index in [9.17, 15) is 22.4 Å². The molecular weight excluding hydrogens is 470 g/mol. The number of thioether (sulfide) groups is 1. The number of alkyl halides is 3. The molecule has 1 aromatic heterocycles. The molecule has 2 aromatic carbocycles. The van der Waals surface area contributed by atoms with Gasteiger partial charge in [0, 0.05) is 31.4 Å². The highest BCUT2D eigenvalue weighted by Crippen LogP contribution is 2.30. The van der Waals surface area contributed by atoms with Crippen LogP contribution in [0.15, 0.2) is 55.0 Å². The maximum atomic E-state index is 14.6. The number of hydrogen-bond donors (Lipinski definition) is 0. The lowest BCUT2D eigenvalue weighted by Gasteiger charge is -2.34. The molecule has 0 bridgehead atoms. The van der Waals surface area contributed by atoms with Gasteiger partial charge in [0.15, 0.2) is 0 Å². The first-order chi connectivity index (χ1) is 16.2. The third kappa shape index (κ3) is 5.91. The maximum Gasteiger partial charge on any atom is 0.573 e. The van der Waals surface area contributed by atoms with Crippen molar-refractivity contribution in [3.63, 3.8) is 0 Å². The number of halogens is 4. The van der Waals surface area contributed by atoms with E-state index in [0.717, 1.165) is 42.0 Å². The highest BCUT2D eigenvalue weighted by atomic mass is 32.2. The van der Waals surface area contributed by atoms with E-state index in [1.807, 2.05) is 11.8 Å². The monoisotopic (exact) mass is 493 g/mol. The SMILES string of the molecule is Cn1cnc(C(=O)N(Cc2ccc(F)c(-c3ccc(OC(F)(F)F)cc3)c2)C2CCSCC2)c1. The molecule has 10 heteroatoms. The number of amides is 1. The number of ether oxygens (including phenoxy) is 1. The fourth-order valence-electron chi connectivity index (χ4n) is 3.96. The van der Waals surface area contributed by atoms with Gasteiger partial charge in [-0.1, -0.05) is 18.2 Å². The molecule has 1 saturated heterocycles. The zero-order valence-electron chi connectivity index (χ0n) is 18.4. The van der Waals surface area contributed by atoms with Crippen LogP contribution in [0.1, 0.15) is 28.9 Å². The Kier molecular flexibility index (Phi) is 7.16. The highest BCUT2D eigenvalue weighted by molar-refractivity contribution is 7.99. The summed E-state index contributed by atoms with van der Waals surface area (Å²) in [7, 11) is 1.79. The van der Waals surface area contributed by atoms with Crippen molar-refractivity contribution < 1.29 is 27.1 Å². The smallest absolute Gasteiger partial charge is 0.406 e. The van der Waals surface area contributed by atoms with Crippen LogP contribution in [-0.2, 0) is 13.6 Å². The van der Waals surface area contributed by atoms with Crippen LogP contribution >= 0.6 is 11.8 Å². The third-order valence-corrected chi connectivity index (χ3v) is 6.65. The molecular formula is C24H23F4N3O2S. The van der Waals surface area contributed by atoms with Crippen molar-refractivity contribution in [3.8, 4) is 16.9 Å². The Morgan fingerprint density at radius 2 is 1.88 bits per heavy atom. The van der Waals surface area contributed by atoms with E-state index in [0.29, 0.717) is 11.3 Å². The predicted octanol–water partition coefficient (Wildman–Crippen LogP) is 5.66. The van der Waals surface area contributed by atoms with Gasteiger partial charge in [0.25, 0.3) is 5.91 Å². The van der Waals surface area contributed by atoms with Crippen molar-refractivity contribution in [2.45, 2.75) is 31.8 Å². The summed E-state index contributed by atoms with van der Waals surface area (Å²) in [4.78, 5) is 19.3. The number of nitrogens with zero attached hydrogens (tertiary/aromatic N) is 3. The van der Waals surface area contributed by atoms with Gasteiger partial charge in [0.2, 0.25) is 0 Å². The summed E-state index contributed by atoms with van der Waals surface area (Å²) in [6.07, 6.45) is 0.168. The Bertz CT molecular complexity index is 1140. The molecule has 1 aliphatic rings. The van der Waals surface area contributed by atoms with Gasteiger partial charge in [-0.15, -0.1) is 13.2 Å². The van der Waals surface area contributed by atoms with E-state index in [1.54, 1.807) is 41.2 Å². The number of rotatable bonds is 6. The standard InChI is InChI=1S/C24H23F4N3O2S/c1-30-14-22(29-15-30)23(32)31(18-8-10-34-11-9-18)13-16-2-7-21(25)20(12-16)17-3-5-19(6-4-17)33-24(26,27)28/h2-7,12,14-15,18H,8-11,13H2,1H3. The van der Waals surface area contributed by atoms with Gasteiger partial charge < -0.3 is 14.2 Å². The Hall–Kier alpha value is -3.01. The minimum absolute atomic E-state index is 0.0445. The predicted molar refractivity (Wildman–Crippen MR) is 122 cm³/mol. The summed E-state index contributed by atoms with van der Waals surface area (Å²) in [6.45, 7) is 0.271. The molecule has 0 radical (unpaired) electrons. The summed E-state index contributed by atoms with van der Waals surface area (Å²) >= 11 is 1.85. The zero-order valence-corrected chi connectivity index (χ0v) is 19.2. The molecule has 0 atom stereocenters. The summed E-state index contributed by atoms with van der Waals surface area (Å²) in [6, 6.07) is 9.64. The van der Waals surface area contributed by atoms with Crippen LogP contribution in [0.25, 0.3) is 11.1 Å². The fourth-order valence-corrected chi connectivity index (χ4v) is 5.04. The van der Waals surface area contributed by atoms with Crippen LogP contribution in [0.2, 0.25) is 0 Å². The van der Waals surface area contributed by atoms with Gasteiger partial charge in [-0.25, -0.2) is 9.37 Å². The lowest BCUT2D eigenvalue weighted by atomic mass is 10.0. The molecule has 34 heavy (non-hydrogen) atoms. The summed E-state index contributed by atoms with van der Waals surface area (Å²) in [5, 5.41) is 0. The number of aromatic nitrogens is 2. The van der Waals surface area contributed by atoms with Gasteiger partial charge in [0.05, 0.1) is 6.33 Å². The van der Waals surface area contributed by atoms with E-state index >= 15 is 0 Å². The number of imidazole rings is 1. The molecule has 0 N–H and O–H groups in total. The minimum atomic E-state index is -4.80. The number of benzene rings is 2. The third-order valence-electron chi connectivity index (χ3n) is 5.60. The van der Waals surface area contributed by atoms with E-state index in [2.05, 4.69) is 9.72 Å². The van der Waals surface area contributed by atoms with E-state index in [-0.39, 0.29) is 29.8 Å². The molecule has 5 nitrogen and oxygen atoms in total.